The number of rotatable bonds is 7. The van der Waals surface area contributed by atoms with Crippen LogP contribution in [0.2, 0.25) is 0 Å². The molecule has 0 bridgehead atoms. The Balaban J connectivity index is 1.48. The zero-order valence-corrected chi connectivity index (χ0v) is 16.8. The highest BCUT2D eigenvalue weighted by atomic mass is 16.5. The Bertz CT molecular complexity index is 962. The van der Waals surface area contributed by atoms with Gasteiger partial charge in [0.2, 0.25) is 0 Å². The third-order valence-electron chi connectivity index (χ3n) is 5.27. The molecule has 1 aliphatic heterocycles. The molecule has 0 fully saturated rings. The molecule has 2 aromatic heterocycles. The number of carbonyl (C=O) groups excluding carboxylic acids is 1. The molecule has 1 aromatic carbocycles. The molecule has 3 aromatic rings. The molecule has 0 aliphatic carbocycles. The normalized spacial score (nSPS) is 13.9. The van der Waals surface area contributed by atoms with Gasteiger partial charge in [0.25, 0.3) is 5.91 Å². The number of hydrogen-bond donors (Lipinski definition) is 2. The number of aromatic amines is 1. The van der Waals surface area contributed by atoms with E-state index in [0.29, 0.717) is 18.8 Å². The van der Waals surface area contributed by atoms with Crippen molar-refractivity contribution in [1.82, 2.24) is 30.0 Å². The number of hydrogen-bond acceptors (Lipinski definition) is 5. The molecular formula is C21H26N6O2. The van der Waals surface area contributed by atoms with E-state index in [-0.39, 0.29) is 5.91 Å². The van der Waals surface area contributed by atoms with Crippen LogP contribution in [0.15, 0.2) is 36.7 Å². The lowest BCUT2D eigenvalue weighted by Crippen LogP contribution is -2.32. The standard InChI is InChI=1S/C21H26N6O2/c1-3-27-18-8-11-26(14-19-22-9-10-23-19)13-17(18)20(25-27)21(28)24-12-15-4-6-16(29-2)7-5-15/h4-7,9-10H,3,8,11-14H2,1-2H3,(H,22,23)(H,24,28). The number of ether oxygens (including phenoxy) is 1. The highest BCUT2D eigenvalue weighted by Gasteiger charge is 2.28. The third-order valence-corrected chi connectivity index (χ3v) is 5.27. The molecule has 29 heavy (non-hydrogen) atoms. The molecule has 0 radical (unpaired) electrons. The fraction of sp³-hybridized carbons (Fsp3) is 0.381. The van der Waals surface area contributed by atoms with Gasteiger partial charge in [-0.2, -0.15) is 5.10 Å². The lowest BCUT2D eigenvalue weighted by Gasteiger charge is -2.26. The predicted octanol–water partition coefficient (Wildman–Crippen LogP) is 2.12. The SMILES string of the molecule is CCn1nc(C(=O)NCc2ccc(OC)cc2)c2c1CCN(Cc1ncc[nH]1)C2. The lowest BCUT2D eigenvalue weighted by atomic mass is 10.0. The van der Waals surface area contributed by atoms with Crippen LogP contribution >= 0.6 is 0 Å². The van der Waals surface area contributed by atoms with E-state index >= 15 is 0 Å². The van der Waals surface area contributed by atoms with Gasteiger partial charge in [-0.05, 0) is 24.6 Å². The lowest BCUT2D eigenvalue weighted by molar-refractivity contribution is 0.0942. The number of aromatic nitrogens is 4. The Kier molecular flexibility index (Phi) is 5.62. The van der Waals surface area contributed by atoms with Crippen LogP contribution in [-0.2, 0) is 32.6 Å². The topological polar surface area (TPSA) is 88.1 Å². The van der Waals surface area contributed by atoms with E-state index in [1.165, 1.54) is 0 Å². The zero-order chi connectivity index (χ0) is 20.2. The number of amides is 1. The van der Waals surface area contributed by atoms with Crippen LogP contribution < -0.4 is 10.1 Å². The van der Waals surface area contributed by atoms with E-state index in [2.05, 4.69) is 32.2 Å². The second kappa shape index (κ2) is 8.48. The molecule has 0 spiro atoms. The van der Waals surface area contributed by atoms with Crippen LogP contribution in [0.5, 0.6) is 5.75 Å². The third kappa shape index (κ3) is 4.17. The van der Waals surface area contributed by atoms with Gasteiger partial charge in [0.1, 0.15) is 11.6 Å². The summed E-state index contributed by atoms with van der Waals surface area (Å²) in [5.41, 5.74) is 3.73. The van der Waals surface area contributed by atoms with Crippen molar-refractivity contribution in [2.45, 2.75) is 39.5 Å². The number of benzene rings is 1. The molecule has 8 nitrogen and oxygen atoms in total. The number of carbonyl (C=O) groups is 1. The molecular weight excluding hydrogens is 368 g/mol. The van der Waals surface area contributed by atoms with Crippen molar-refractivity contribution in [2.75, 3.05) is 13.7 Å². The number of aryl methyl sites for hydroxylation is 1. The Labute approximate surface area is 169 Å². The smallest absolute Gasteiger partial charge is 0.272 e. The number of nitrogens with zero attached hydrogens (tertiary/aromatic N) is 4. The molecule has 2 N–H and O–H groups in total. The summed E-state index contributed by atoms with van der Waals surface area (Å²) in [4.78, 5) is 22.7. The number of nitrogens with one attached hydrogen (secondary N) is 2. The monoisotopic (exact) mass is 394 g/mol. The molecule has 152 valence electrons. The fourth-order valence-electron chi connectivity index (χ4n) is 3.73. The van der Waals surface area contributed by atoms with E-state index in [1.807, 2.05) is 35.1 Å². The minimum absolute atomic E-state index is 0.135. The minimum atomic E-state index is -0.135. The van der Waals surface area contributed by atoms with E-state index in [1.54, 1.807) is 13.3 Å². The van der Waals surface area contributed by atoms with E-state index in [0.717, 1.165) is 54.4 Å². The first-order chi connectivity index (χ1) is 14.2. The van der Waals surface area contributed by atoms with Gasteiger partial charge in [-0.25, -0.2) is 4.98 Å². The maximum Gasteiger partial charge on any atom is 0.272 e. The van der Waals surface area contributed by atoms with Gasteiger partial charge in [-0.1, -0.05) is 12.1 Å². The summed E-state index contributed by atoms with van der Waals surface area (Å²) in [6.07, 6.45) is 4.47. The van der Waals surface area contributed by atoms with Gasteiger partial charge in [0.05, 0.1) is 13.7 Å². The van der Waals surface area contributed by atoms with Crippen molar-refractivity contribution in [2.24, 2.45) is 0 Å². The Hall–Kier alpha value is -3.13. The number of fused-ring (bicyclic) bond motifs is 1. The molecule has 0 unspecified atom stereocenters. The highest BCUT2D eigenvalue weighted by molar-refractivity contribution is 5.94. The summed E-state index contributed by atoms with van der Waals surface area (Å²) in [6.45, 7) is 5.62. The molecule has 0 saturated carbocycles. The summed E-state index contributed by atoms with van der Waals surface area (Å²) in [5, 5.41) is 7.62. The summed E-state index contributed by atoms with van der Waals surface area (Å²) in [7, 11) is 1.64. The number of methoxy groups -OCH3 is 1. The van der Waals surface area contributed by atoms with Crippen LogP contribution in [0.3, 0.4) is 0 Å². The van der Waals surface area contributed by atoms with Gasteiger partial charge in [-0.15, -0.1) is 0 Å². The Morgan fingerprint density at radius 2 is 2.14 bits per heavy atom. The van der Waals surface area contributed by atoms with E-state index in [9.17, 15) is 4.79 Å². The predicted molar refractivity (Wildman–Crippen MR) is 108 cm³/mol. The van der Waals surface area contributed by atoms with E-state index < -0.39 is 0 Å². The van der Waals surface area contributed by atoms with Crippen LogP contribution in [-0.4, -0.2) is 44.2 Å². The van der Waals surface area contributed by atoms with Crippen LogP contribution in [0.1, 0.15) is 40.1 Å². The van der Waals surface area contributed by atoms with Gasteiger partial charge in [0, 0.05) is 56.3 Å². The number of H-pyrrole nitrogens is 1. The first-order valence-corrected chi connectivity index (χ1v) is 9.88. The van der Waals surface area contributed by atoms with Gasteiger partial charge in [0.15, 0.2) is 5.69 Å². The van der Waals surface area contributed by atoms with Crippen molar-refractivity contribution in [1.29, 1.82) is 0 Å². The van der Waals surface area contributed by atoms with Crippen molar-refractivity contribution in [3.05, 3.63) is 65.0 Å². The molecule has 4 rings (SSSR count). The second-order valence-corrected chi connectivity index (χ2v) is 7.12. The molecule has 3 heterocycles. The Morgan fingerprint density at radius 1 is 1.31 bits per heavy atom. The molecule has 1 aliphatic rings. The van der Waals surface area contributed by atoms with E-state index in [4.69, 9.17) is 4.74 Å². The van der Waals surface area contributed by atoms with Gasteiger partial charge in [-0.3, -0.25) is 14.4 Å². The van der Waals surface area contributed by atoms with Gasteiger partial charge < -0.3 is 15.0 Å². The Morgan fingerprint density at radius 3 is 2.83 bits per heavy atom. The maximum absolute atomic E-state index is 12.9. The molecule has 8 heteroatoms. The quantitative estimate of drug-likeness (QED) is 0.641. The summed E-state index contributed by atoms with van der Waals surface area (Å²) < 4.78 is 7.14. The minimum Gasteiger partial charge on any atom is -0.497 e. The number of imidazole rings is 1. The second-order valence-electron chi connectivity index (χ2n) is 7.12. The summed E-state index contributed by atoms with van der Waals surface area (Å²) in [5.74, 6) is 1.60. The fourth-order valence-corrected chi connectivity index (χ4v) is 3.73. The average molecular weight is 394 g/mol. The first kappa shape index (κ1) is 19.2. The van der Waals surface area contributed by atoms with Gasteiger partial charge >= 0.3 is 0 Å². The maximum atomic E-state index is 12.9. The average Bonchev–Trinajstić information content (AvgIpc) is 3.39. The molecule has 0 saturated heterocycles. The first-order valence-electron chi connectivity index (χ1n) is 9.88. The van der Waals surface area contributed by atoms with Crippen LogP contribution in [0, 0.1) is 0 Å². The van der Waals surface area contributed by atoms with Crippen molar-refractivity contribution >= 4 is 5.91 Å². The highest BCUT2D eigenvalue weighted by Crippen LogP contribution is 2.24. The van der Waals surface area contributed by atoms with Crippen LogP contribution in [0.25, 0.3) is 0 Å². The molecule has 0 atom stereocenters. The summed E-state index contributed by atoms with van der Waals surface area (Å²) >= 11 is 0. The largest absolute Gasteiger partial charge is 0.497 e. The summed E-state index contributed by atoms with van der Waals surface area (Å²) in [6, 6.07) is 7.68. The molecule has 1 amide bonds. The van der Waals surface area contributed by atoms with Crippen molar-refractivity contribution < 1.29 is 9.53 Å². The van der Waals surface area contributed by atoms with Crippen LogP contribution in [0.4, 0.5) is 0 Å². The van der Waals surface area contributed by atoms with Crippen molar-refractivity contribution in [3.63, 3.8) is 0 Å². The van der Waals surface area contributed by atoms with Crippen molar-refractivity contribution in [3.8, 4) is 5.75 Å². The zero-order valence-electron chi connectivity index (χ0n) is 16.8.